The molecule has 2 saturated heterocycles. The number of carbonyl (C=O) groups excluding carboxylic acids is 2. The first-order valence-corrected chi connectivity index (χ1v) is 5.29. The van der Waals surface area contributed by atoms with Gasteiger partial charge in [-0.25, -0.2) is 0 Å². The van der Waals surface area contributed by atoms with Crippen LogP contribution in [-0.2, 0) is 9.59 Å². The van der Waals surface area contributed by atoms with Crippen LogP contribution in [0.25, 0.3) is 0 Å². The highest BCUT2D eigenvalue weighted by Crippen LogP contribution is 2.17. The van der Waals surface area contributed by atoms with E-state index in [1.54, 1.807) is 0 Å². The van der Waals surface area contributed by atoms with Gasteiger partial charge in [-0.1, -0.05) is 0 Å². The number of nitrogens with zero attached hydrogens (tertiary/aromatic N) is 1. The molecule has 78 valence electrons. The predicted molar refractivity (Wildman–Crippen MR) is 51.8 cm³/mol. The van der Waals surface area contributed by atoms with Crippen LogP contribution in [0.1, 0.15) is 25.7 Å². The van der Waals surface area contributed by atoms with E-state index >= 15 is 0 Å². The Balaban J connectivity index is 1.95. The summed E-state index contributed by atoms with van der Waals surface area (Å²) in [5.74, 6) is 0.133. The molecular weight excluding hydrogens is 180 g/mol. The van der Waals surface area contributed by atoms with Crippen molar-refractivity contribution in [2.24, 2.45) is 0 Å². The third kappa shape index (κ3) is 1.95. The summed E-state index contributed by atoms with van der Waals surface area (Å²) in [5.41, 5.74) is 0. The molecule has 1 amide bonds. The van der Waals surface area contributed by atoms with Crippen LogP contribution in [0.2, 0.25) is 0 Å². The van der Waals surface area contributed by atoms with Crippen molar-refractivity contribution in [1.29, 1.82) is 0 Å². The molecule has 2 heterocycles. The molecule has 0 unspecified atom stereocenters. The Morgan fingerprint density at radius 1 is 1.21 bits per heavy atom. The standard InChI is InChI=1S/C10H16N2O2/c13-9-3-6-12(10(14)7-9)8-1-4-11-5-2-8/h8,11H,1-7H2. The number of likely N-dealkylation sites (tertiary alicyclic amines) is 1. The lowest BCUT2D eigenvalue weighted by molar-refractivity contribution is -0.141. The smallest absolute Gasteiger partial charge is 0.230 e. The minimum atomic E-state index is 0.0353. The van der Waals surface area contributed by atoms with Crippen molar-refractivity contribution < 1.29 is 9.59 Å². The summed E-state index contributed by atoms with van der Waals surface area (Å²) in [6, 6.07) is 0.372. The van der Waals surface area contributed by atoms with Gasteiger partial charge in [-0.05, 0) is 25.9 Å². The number of rotatable bonds is 1. The van der Waals surface area contributed by atoms with Crippen molar-refractivity contribution >= 4 is 11.7 Å². The van der Waals surface area contributed by atoms with Crippen LogP contribution in [0.4, 0.5) is 0 Å². The molecule has 0 aliphatic carbocycles. The SMILES string of the molecule is O=C1CCN(C2CCNCC2)C(=O)C1. The molecule has 0 aromatic rings. The second-order valence-corrected chi connectivity index (χ2v) is 4.03. The Labute approximate surface area is 83.6 Å². The van der Waals surface area contributed by atoms with Gasteiger partial charge in [0.05, 0.1) is 6.42 Å². The highest BCUT2D eigenvalue weighted by molar-refractivity contribution is 6.00. The highest BCUT2D eigenvalue weighted by Gasteiger charge is 2.29. The van der Waals surface area contributed by atoms with Crippen molar-refractivity contribution in [3.63, 3.8) is 0 Å². The molecule has 4 nitrogen and oxygen atoms in total. The van der Waals surface area contributed by atoms with Gasteiger partial charge in [0, 0.05) is 19.0 Å². The molecule has 0 saturated carbocycles. The van der Waals surface area contributed by atoms with Crippen molar-refractivity contribution in [3.8, 4) is 0 Å². The number of carbonyl (C=O) groups is 2. The lowest BCUT2D eigenvalue weighted by Crippen LogP contribution is -2.49. The van der Waals surface area contributed by atoms with E-state index in [1.165, 1.54) is 0 Å². The summed E-state index contributed by atoms with van der Waals surface area (Å²) < 4.78 is 0. The monoisotopic (exact) mass is 196 g/mol. The number of nitrogens with one attached hydrogen (secondary N) is 1. The van der Waals surface area contributed by atoms with Gasteiger partial charge in [-0.2, -0.15) is 0 Å². The van der Waals surface area contributed by atoms with E-state index in [9.17, 15) is 9.59 Å². The molecule has 0 spiro atoms. The molecule has 0 atom stereocenters. The zero-order chi connectivity index (χ0) is 9.97. The Hall–Kier alpha value is -0.900. The second kappa shape index (κ2) is 4.09. The van der Waals surface area contributed by atoms with Gasteiger partial charge in [0.25, 0.3) is 0 Å². The van der Waals surface area contributed by atoms with Gasteiger partial charge in [0.1, 0.15) is 5.78 Å². The number of ketones is 1. The molecule has 2 aliphatic rings. The molecule has 4 heteroatoms. The Kier molecular flexibility index (Phi) is 2.82. The molecule has 2 aliphatic heterocycles. The Bertz CT molecular complexity index is 247. The maximum Gasteiger partial charge on any atom is 0.230 e. The molecule has 0 aromatic carbocycles. The van der Waals surface area contributed by atoms with Gasteiger partial charge in [0.15, 0.2) is 0 Å². The van der Waals surface area contributed by atoms with Gasteiger partial charge < -0.3 is 10.2 Å². The van der Waals surface area contributed by atoms with Crippen LogP contribution in [-0.4, -0.2) is 42.3 Å². The van der Waals surface area contributed by atoms with Crippen LogP contribution >= 0.6 is 0 Å². The minimum Gasteiger partial charge on any atom is -0.339 e. The maximum absolute atomic E-state index is 11.6. The van der Waals surface area contributed by atoms with E-state index in [0.29, 0.717) is 19.0 Å². The average molecular weight is 196 g/mol. The molecule has 0 aromatic heterocycles. The first-order valence-electron chi connectivity index (χ1n) is 5.29. The van der Waals surface area contributed by atoms with Gasteiger partial charge >= 0.3 is 0 Å². The third-order valence-corrected chi connectivity index (χ3v) is 3.05. The molecule has 2 rings (SSSR count). The summed E-state index contributed by atoms with van der Waals surface area (Å²) in [6.07, 6.45) is 2.74. The van der Waals surface area contributed by atoms with Crippen LogP contribution in [0.3, 0.4) is 0 Å². The molecule has 2 fully saturated rings. The van der Waals surface area contributed by atoms with Crippen LogP contribution < -0.4 is 5.32 Å². The second-order valence-electron chi connectivity index (χ2n) is 4.03. The van der Waals surface area contributed by atoms with Gasteiger partial charge in [0.2, 0.25) is 5.91 Å². The summed E-state index contributed by atoms with van der Waals surface area (Å²) in [4.78, 5) is 24.5. The summed E-state index contributed by atoms with van der Waals surface area (Å²) >= 11 is 0. The molecule has 0 radical (unpaired) electrons. The van der Waals surface area contributed by atoms with Crippen LogP contribution in [0.15, 0.2) is 0 Å². The van der Waals surface area contributed by atoms with Crippen molar-refractivity contribution in [2.45, 2.75) is 31.7 Å². The van der Waals surface area contributed by atoms with Crippen LogP contribution in [0, 0.1) is 0 Å². The van der Waals surface area contributed by atoms with E-state index < -0.39 is 0 Å². The number of hydrogen-bond acceptors (Lipinski definition) is 3. The zero-order valence-electron chi connectivity index (χ0n) is 8.29. The van der Waals surface area contributed by atoms with Crippen molar-refractivity contribution in [3.05, 3.63) is 0 Å². The molecule has 14 heavy (non-hydrogen) atoms. The fourth-order valence-electron chi connectivity index (χ4n) is 2.23. The largest absolute Gasteiger partial charge is 0.339 e. The van der Waals surface area contributed by atoms with Gasteiger partial charge in [-0.3, -0.25) is 9.59 Å². The lowest BCUT2D eigenvalue weighted by atomic mass is 10.0. The first-order chi connectivity index (χ1) is 6.77. The Morgan fingerprint density at radius 3 is 2.57 bits per heavy atom. The normalized spacial score (nSPS) is 25.6. The fourth-order valence-corrected chi connectivity index (χ4v) is 2.23. The first kappa shape index (κ1) is 9.65. The quantitative estimate of drug-likeness (QED) is 0.597. The third-order valence-electron chi connectivity index (χ3n) is 3.05. The van der Waals surface area contributed by atoms with E-state index in [4.69, 9.17) is 0 Å². The summed E-state index contributed by atoms with van der Waals surface area (Å²) in [5, 5.41) is 3.27. The summed E-state index contributed by atoms with van der Waals surface area (Å²) in [6.45, 7) is 2.62. The van der Waals surface area contributed by atoms with E-state index in [0.717, 1.165) is 25.9 Å². The van der Waals surface area contributed by atoms with Crippen LogP contribution in [0.5, 0.6) is 0 Å². The van der Waals surface area contributed by atoms with Gasteiger partial charge in [-0.15, -0.1) is 0 Å². The van der Waals surface area contributed by atoms with E-state index in [1.807, 2.05) is 4.90 Å². The number of hydrogen-bond donors (Lipinski definition) is 1. The molecule has 1 N–H and O–H groups in total. The lowest BCUT2D eigenvalue weighted by Gasteiger charge is -2.36. The van der Waals surface area contributed by atoms with E-state index in [2.05, 4.69) is 5.32 Å². The topological polar surface area (TPSA) is 49.4 Å². The van der Waals surface area contributed by atoms with E-state index in [-0.39, 0.29) is 18.1 Å². The molecular formula is C10H16N2O2. The number of Topliss-reactive ketones (excluding diaryl/α,β-unsaturated/α-hetero) is 1. The average Bonchev–Trinajstić information content (AvgIpc) is 2.19. The zero-order valence-corrected chi connectivity index (χ0v) is 8.29. The maximum atomic E-state index is 11.6. The highest BCUT2D eigenvalue weighted by atomic mass is 16.2. The predicted octanol–water partition coefficient (Wildman–Crippen LogP) is -0.0701. The number of amides is 1. The minimum absolute atomic E-state index is 0.0353. The Morgan fingerprint density at radius 2 is 1.93 bits per heavy atom. The summed E-state index contributed by atoms with van der Waals surface area (Å²) in [7, 11) is 0. The molecule has 0 bridgehead atoms. The number of piperidine rings is 2. The van der Waals surface area contributed by atoms with Crippen molar-refractivity contribution in [1.82, 2.24) is 10.2 Å². The fraction of sp³-hybridized carbons (Fsp3) is 0.800. The van der Waals surface area contributed by atoms with Crippen molar-refractivity contribution in [2.75, 3.05) is 19.6 Å².